The van der Waals surface area contributed by atoms with Gasteiger partial charge < -0.3 is 10.1 Å². The lowest BCUT2D eigenvalue weighted by Crippen LogP contribution is -2.48. The van der Waals surface area contributed by atoms with E-state index in [1.54, 1.807) is 31.2 Å². The van der Waals surface area contributed by atoms with Gasteiger partial charge in [-0.25, -0.2) is 9.78 Å². The van der Waals surface area contributed by atoms with Crippen molar-refractivity contribution in [2.75, 3.05) is 11.9 Å². The van der Waals surface area contributed by atoms with Gasteiger partial charge in [-0.2, -0.15) is 0 Å². The lowest BCUT2D eigenvalue weighted by Gasteiger charge is -2.25. The van der Waals surface area contributed by atoms with Crippen LogP contribution in [-0.4, -0.2) is 46.2 Å². The highest BCUT2D eigenvalue weighted by Gasteiger charge is 2.42. The molecule has 0 bridgehead atoms. The number of hydrogen-bond acceptors (Lipinski definition) is 7. The fourth-order valence-corrected chi connectivity index (χ4v) is 4.13. The smallest absolute Gasteiger partial charge is 0.357 e. The molecule has 32 heavy (non-hydrogen) atoms. The number of fused-ring (bicyclic) bond motifs is 1. The molecule has 0 spiro atoms. The van der Waals surface area contributed by atoms with Gasteiger partial charge in [0.1, 0.15) is 6.04 Å². The first-order valence-electron chi connectivity index (χ1n) is 9.94. The predicted molar refractivity (Wildman–Crippen MR) is 118 cm³/mol. The Hall–Kier alpha value is -3.85. The minimum absolute atomic E-state index is 0.0764. The number of carbonyl (C=O) groups is 4. The minimum Gasteiger partial charge on any atom is -0.461 e. The molecule has 4 rings (SSSR count). The lowest BCUT2D eigenvalue weighted by molar-refractivity contribution is -0.119. The standard InChI is InChI=1S/C23H19N3O5S/c1-2-31-22(30)17-13-32-23(24-17)25-19(27)18(12-14-8-4-3-5-9-14)26-20(28)15-10-6-7-11-16(15)21(26)29/h3-11,13,18H,2,12H2,1H3,(H,24,25,27)/t18-/m0/s1. The van der Waals surface area contributed by atoms with E-state index in [1.807, 2.05) is 30.3 Å². The van der Waals surface area contributed by atoms with Crippen LogP contribution in [0.4, 0.5) is 5.13 Å². The first kappa shape index (κ1) is 21.4. The van der Waals surface area contributed by atoms with Crippen molar-refractivity contribution in [1.29, 1.82) is 0 Å². The number of thiazole rings is 1. The molecular formula is C23H19N3O5S. The van der Waals surface area contributed by atoms with Gasteiger partial charge in [0, 0.05) is 11.8 Å². The van der Waals surface area contributed by atoms with Crippen molar-refractivity contribution >= 4 is 40.2 Å². The van der Waals surface area contributed by atoms with Crippen LogP contribution in [0.2, 0.25) is 0 Å². The van der Waals surface area contributed by atoms with Crippen molar-refractivity contribution < 1.29 is 23.9 Å². The topological polar surface area (TPSA) is 106 Å². The fraction of sp³-hybridized carbons (Fsp3) is 0.174. The molecule has 3 aromatic rings. The Morgan fingerprint density at radius 3 is 2.28 bits per heavy atom. The van der Waals surface area contributed by atoms with Crippen molar-refractivity contribution in [3.05, 3.63) is 82.4 Å². The Kier molecular flexibility index (Phi) is 6.09. The Labute approximate surface area is 187 Å². The van der Waals surface area contributed by atoms with Crippen LogP contribution < -0.4 is 5.32 Å². The van der Waals surface area contributed by atoms with Gasteiger partial charge in [0.2, 0.25) is 5.91 Å². The van der Waals surface area contributed by atoms with Crippen molar-refractivity contribution in [3.8, 4) is 0 Å². The van der Waals surface area contributed by atoms with Crippen LogP contribution in [0.1, 0.15) is 43.7 Å². The van der Waals surface area contributed by atoms with Crippen LogP contribution >= 0.6 is 11.3 Å². The largest absolute Gasteiger partial charge is 0.461 e. The molecule has 1 aliphatic rings. The molecule has 8 nitrogen and oxygen atoms in total. The highest BCUT2D eigenvalue weighted by Crippen LogP contribution is 2.27. The molecule has 0 fully saturated rings. The molecule has 1 N–H and O–H groups in total. The van der Waals surface area contributed by atoms with Gasteiger partial charge in [0.25, 0.3) is 11.8 Å². The minimum atomic E-state index is -1.10. The Balaban J connectivity index is 1.62. The zero-order chi connectivity index (χ0) is 22.7. The number of rotatable bonds is 7. The number of carbonyl (C=O) groups excluding carboxylic acids is 4. The van der Waals surface area contributed by atoms with Crippen LogP contribution in [0.25, 0.3) is 0 Å². The molecule has 1 aromatic heterocycles. The zero-order valence-electron chi connectivity index (χ0n) is 17.1. The Morgan fingerprint density at radius 1 is 1.03 bits per heavy atom. The molecule has 0 radical (unpaired) electrons. The summed E-state index contributed by atoms with van der Waals surface area (Å²) in [6, 6.07) is 14.5. The number of aromatic nitrogens is 1. The maximum atomic E-state index is 13.2. The van der Waals surface area contributed by atoms with E-state index in [0.29, 0.717) is 0 Å². The van der Waals surface area contributed by atoms with Crippen LogP contribution in [0.5, 0.6) is 0 Å². The molecule has 1 aliphatic heterocycles. The van der Waals surface area contributed by atoms with Crippen molar-refractivity contribution in [2.24, 2.45) is 0 Å². The van der Waals surface area contributed by atoms with Crippen LogP contribution in [-0.2, 0) is 16.0 Å². The molecule has 1 atom stereocenters. The number of amides is 3. The summed E-state index contributed by atoms with van der Waals surface area (Å²) in [5.41, 5.74) is 1.40. The predicted octanol–water partition coefficient (Wildman–Crippen LogP) is 3.17. The molecule has 3 amide bonds. The molecule has 9 heteroatoms. The van der Waals surface area contributed by atoms with E-state index >= 15 is 0 Å². The Bertz CT molecular complexity index is 1160. The number of imide groups is 1. The van der Waals surface area contributed by atoms with E-state index < -0.39 is 29.7 Å². The quantitative estimate of drug-likeness (QED) is 0.439. The van der Waals surface area contributed by atoms with E-state index in [4.69, 9.17) is 4.74 Å². The number of nitrogens with one attached hydrogen (secondary N) is 1. The second kappa shape index (κ2) is 9.11. The lowest BCUT2D eigenvalue weighted by atomic mass is 10.0. The summed E-state index contributed by atoms with van der Waals surface area (Å²) in [7, 11) is 0. The molecule has 0 saturated carbocycles. The van der Waals surface area contributed by atoms with Gasteiger partial charge in [0.15, 0.2) is 10.8 Å². The molecule has 0 aliphatic carbocycles. The third-order valence-electron chi connectivity index (χ3n) is 4.93. The maximum Gasteiger partial charge on any atom is 0.357 e. The average Bonchev–Trinajstić information content (AvgIpc) is 3.36. The van der Waals surface area contributed by atoms with Crippen molar-refractivity contribution in [1.82, 2.24) is 9.88 Å². The van der Waals surface area contributed by atoms with Gasteiger partial charge in [-0.1, -0.05) is 42.5 Å². The summed E-state index contributed by atoms with van der Waals surface area (Å²) in [4.78, 5) is 56.2. The fourth-order valence-electron chi connectivity index (χ4n) is 3.45. The first-order chi connectivity index (χ1) is 15.5. The summed E-state index contributed by atoms with van der Waals surface area (Å²) in [6.07, 6.45) is 0.133. The van der Waals surface area contributed by atoms with E-state index in [9.17, 15) is 19.2 Å². The molecule has 162 valence electrons. The monoisotopic (exact) mass is 449 g/mol. The number of esters is 1. The van der Waals surface area contributed by atoms with Gasteiger partial charge >= 0.3 is 5.97 Å². The average molecular weight is 449 g/mol. The van der Waals surface area contributed by atoms with Gasteiger partial charge in [-0.3, -0.25) is 19.3 Å². The highest BCUT2D eigenvalue weighted by molar-refractivity contribution is 7.14. The van der Waals surface area contributed by atoms with E-state index in [1.165, 1.54) is 5.38 Å². The summed E-state index contributed by atoms with van der Waals surface area (Å²) in [6.45, 7) is 1.89. The first-order valence-corrected chi connectivity index (χ1v) is 10.8. The van der Waals surface area contributed by atoms with Gasteiger partial charge in [-0.05, 0) is 24.6 Å². The maximum absolute atomic E-state index is 13.2. The van der Waals surface area contributed by atoms with Crippen LogP contribution in [0, 0.1) is 0 Å². The number of anilines is 1. The van der Waals surface area contributed by atoms with E-state index in [-0.39, 0.29) is 35.0 Å². The zero-order valence-corrected chi connectivity index (χ0v) is 17.9. The SMILES string of the molecule is CCOC(=O)c1csc(NC(=O)[C@H](Cc2ccccc2)N2C(=O)c3ccccc3C2=O)n1. The van der Waals surface area contributed by atoms with Crippen LogP contribution in [0.3, 0.4) is 0 Å². The number of hydrogen-bond donors (Lipinski definition) is 1. The summed E-state index contributed by atoms with van der Waals surface area (Å²) in [5.74, 6) is -2.21. The molecule has 0 unspecified atom stereocenters. The van der Waals surface area contributed by atoms with Crippen LogP contribution in [0.15, 0.2) is 60.0 Å². The normalized spacial score (nSPS) is 13.6. The number of nitrogens with zero attached hydrogens (tertiary/aromatic N) is 2. The third kappa shape index (κ3) is 4.15. The molecule has 2 heterocycles. The highest BCUT2D eigenvalue weighted by atomic mass is 32.1. The Morgan fingerprint density at radius 2 is 1.66 bits per heavy atom. The van der Waals surface area contributed by atoms with Gasteiger partial charge in [-0.15, -0.1) is 11.3 Å². The second-order valence-electron chi connectivity index (χ2n) is 6.98. The third-order valence-corrected chi connectivity index (χ3v) is 5.69. The number of benzene rings is 2. The van der Waals surface area contributed by atoms with Crippen molar-refractivity contribution in [3.63, 3.8) is 0 Å². The summed E-state index contributed by atoms with van der Waals surface area (Å²) < 4.78 is 4.91. The number of ether oxygens (including phenoxy) is 1. The molecular weight excluding hydrogens is 430 g/mol. The second-order valence-corrected chi connectivity index (χ2v) is 7.84. The molecule has 0 saturated heterocycles. The van der Waals surface area contributed by atoms with E-state index in [2.05, 4.69) is 10.3 Å². The van der Waals surface area contributed by atoms with Gasteiger partial charge in [0.05, 0.1) is 17.7 Å². The molecule has 2 aromatic carbocycles. The van der Waals surface area contributed by atoms with Crippen molar-refractivity contribution in [2.45, 2.75) is 19.4 Å². The van der Waals surface area contributed by atoms with E-state index in [0.717, 1.165) is 21.8 Å². The summed E-state index contributed by atoms with van der Waals surface area (Å²) in [5, 5.41) is 4.29. The summed E-state index contributed by atoms with van der Waals surface area (Å²) >= 11 is 1.05.